The molecule has 1 saturated heterocycles. The van der Waals surface area contributed by atoms with Crippen LogP contribution in [0, 0.1) is 0 Å². The van der Waals surface area contributed by atoms with Gasteiger partial charge in [0.2, 0.25) is 0 Å². The molecule has 0 aliphatic carbocycles. The molecule has 0 unspecified atom stereocenters. The van der Waals surface area contributed by atoms with Gasteiger partial charge in [0.15, 0.2) is 5.82 Å². The molecule has 0 amide bonds. The second-order valence-corrected chi connectivity index (χ2v) is 5.45. The number of nitrogens with two attached hydrogens (primary N) is 1. The number of anilines is 2. The lowest BCUT2D eigenvalue weighted by molar-refractivity contribution is 0.258. The predicted molar refractivity (Wildman–Crippen MR) is 84.2 cm³/mol. The van der Waals surface area contributed by atoms with Crippen molar-refractivity contribution in [3.8, 4) is 0 Å². The van der Waals surface area contributed by atoms with Crippen LogP contribution in [0.4, 0.5) is 11.5 Å². The summed E-state index contributed by atoms with van der Waals surface area (Å²) in [6.07, 6.45) is 6.66. The highest BCUT2D eigenvalue weighted by molar-refractivity contribution is 5.62. The molecule has 21 heavy (non-hydrogen) atoms. The van der Waals surface area contributed by atoms with Gasteiger partial charge in [-0.1, -0.05) is 0 Å². The Labute approximate surface area is 125 Å². The number of piperazine rings is 1. The largest absolute Gasteiger partial charge is 0.396 e. The summed E-state index contributed by atoms with van der Waals surface area (Å²) in [5, 5.41) is 0. The van der Waals surface area contributed by atoms with Crippen molar-refractivity contribution in [3.05, 3.63) is 36.5 Å². The van der Waals surface area contributed by atoms with E-state index in [9.17, 15) is 0 Å². The van der Waals surface area contributed by atoms with Gasteiger partial charge in [0.1, 0.15) is 5.82 Å². The van der Waals surface area contributed by atoms with E-state index in [4.69, 9.17) is 5.73 Å². The Hall–Kier alpha value is -2.08. The van der Waals surface area contributed by atoms with Crippen molar-refractivity contribution in [2.45, 2.75) is 6.42 Å². The Balaban J connectivity index is 1.51. The summed E-state index contributed by atoms with van der Waals surface area (Å²) in [6, 6.07) is 3.79. The van der Waals surface area contributed by atoms with Gasteiger partial charge in [-0.2, -0.15) is 0 Å². The van der Waals surface area contributed by atoms with E-state index in [0.29, 0.717) is 0 Å². The Morgan fingerprint density at radius 2 is 1.95 bits per heavy atom. The van der Waals surface area contributed by atoms with E-state index in [2.05, 4.69) is 24.3 Å². The monoisotopic (exact) mass is 286 g/mol. The minimum Gasteiger partial charge on any atom is -0.396 e. The second-order valence-electron chi connectivity index (χ2n) is 5.45. The quantitative estimate of drug-likeness (QED) is 0.899. The molecule has 2 N–H and O–H groups in total. The van der Waals surface area contributed by atoms with Gasteiger partial charge in [-0.3, -0.25) is 4.90 Å². The number of rotatable bonds is 4. The van der Waals surface area contributed by atoms with E-state index in [-0.39, 0.29) is 0 Å². The summed E-state index contributed by atoms with van der Waals surface area (Å²) in [4.78, 5) is 13.5. The first-order valence-corrected chi connectivity index (χ1v) is 7.38. The average molecular weight is 286 g/mol. The normalized spacial score (nSPS) is 16.3. The molecule has 0 atom stereocenters. The summed E-state index contributed by atoms with van der Waals surface area (Å²) in [5.41, 5.74) is 6.76. The third-order valence-corrected chi connectivity index (χ3v) is 4.06. The number of aryl methyl sites for hydroxylation is 1. The second kappa shape index (κ2) is 6.13. The number of hydrogen-bond donors (Lipinski definition) is 1. The smallest absolute Gasteiger partial charge is 0.151 e. The first-order valence-electron chi connectivity index (χ1n) is 7.38. The molecule has 2 aromatic rings. The van der Waals surface area contributed by atoms with Crippen LogP contribution in [0.15, 0.2) is 30.7 Å². The standard InChI is InChI=1S/C15H22N6/c1-19-8-6-17-14(19)4-7-20-9-11-21(12-10-20)15-13(16)3-2-5-18-15/h2-3,5-6,8H,4,7,9-12,16H2,1H3. The molecule has 6 nitrogen and oxygen atoms in total. The summed E-state index contributed by atoms with van der Waals surface area (Å²) < 4.78 is 2.09. The molecule has 1 fully saturated rings. The highest BCUT2D eigenvalue weighted by Crippen LogP contribution is 2.20. The first kappa shape index (κ1) is 13.9. The van der Waals surface area contributed by atoms with Gasteiger partial charge in [0.25, 0.3) is 0 Å². The molecule has 1 aliphatic heterocycles. The van der Waals surface area contributed by atoms with Crippen molar-refractivity contribution >= 4 is 11.5 Å². The van der Waals surface area contributed by atoms with Gasteiger partial charge in [-0.25, -0.2) is 9.97 Å². The first-order chi connectivity index (χ1) is 10.2. The number of hydrogen-bond acceptors (Lipinski definition) is 5. The van der Waals surface area contributed by atoms with Crippen molar-refractivity contribution in [2.75, 3.05) is 43.4 Å². The van der Waals surface area contributed by atoms with E-state index in [1.165, 1.54) is 0 Å². The topological polar surface area (TPSA) is 63.2 Å². The van der Waals surface area contributed by atoms with E-state index in [0.717, 1.165) is 56.5 Å². The number of imidazole rings is 1. The average Bonchev–Trinajstić information content (AvgIpc) is 2.92. The fourth-order valence-corrected chi connectivity index (χ4v) is 2.75. The molecule has 0 aromatic carbocycles. The number of pyridine rings is 1. The SMILES string of the molecule is Cn1ccnc1CCN1CCN(c2ncccc2N)CC1. The van der Waals surface area contributed by atoms with Crippen molar-refractivity contribution in [2.24, 2.45) is 7.05 Å². The summed E-state index contributed by atoms with van der Waals surface area (Å²) in [5.74, 6) is 2.06. The Bertz CT molecular complexity index is 585. The van der Waals surface area contributed by atoms with Gasteiger partial charge in [-0.05, 0) is 12.1 Å². The Morgan fingerprint density at radius 1 is 1.14 bits per heavy atom. The zero-order chi connectivity index (χ0) is 14.7. The van der Waals surface area contributed by atoms with Crippen LogP contribution >= 0.6 is 0 Å². The lowest BCUT2D eigenvalue weighted by Crippen LogP contribution is -2.47. The fraction of sp³-hybridized carbons (Fsp3) is 0.467. The maximum Gasteiger partial charge on any atom is 0.151 e. The zero-order valence-corrected chi connectivity index (χ0v) is 12.4. The van der Waals surface area contributed by atoms with Crippen molar-refractivity contribution in [1.29, 1.82) is 0 Å². The van der Waals surface area contributed by atoms with E-state index in [1.807, 2.05) is 31.6 Å². The van der Waals surface area contributed by atoms with Gasteiger partial charge in [-0.15, -0.1) is 0 Å². The molecule has 3 rings (SSSR count). The molecule has 2 aromatic heterocycles. The van der Waals surface area contributed by atoms with Gasteiger partial charge in [0.05, 0.1) is 5.69 Å². The van der Waals surface area contributed by atoms with E-state index < -0.39 is 0 Å². The molecule has 0 spiro atoms. The lowest BCUT2D eigenvalue weighted by atomic mass is 10.2. The molecule has 0 saturated carbocycles. The molecule has 3 heterocycles. The molecular weight excluding hydrogens is 264 g/mol. The maximum absolute atomic E-state index is 6.00. The minimum atomic E-state index is 0.763. The predicted octanol–water partition coefficient (Wildman–Crippen LogP) is 0.762. The van der Waals surface area contributed by atoms with Crippen LogP contribution in [0.3, 0.4) is 0 Å². The lowest BCUT2D eigenvalue weighted by Gasteiger charge is -2.35. The van der Waals surface area contributed by atoms with Gasteiger partial charge >= 0.3 is 0 Å². The third kappa shape index (κ3) is 3.16. The van der Waals surface area contributed by atoms with Crippen molar-refractivity contribution in [1.82, 2.24) is 19.4 Å². The summed E-state index contributed by atoms with van der Waals surface area (Å²) in [6.45, 7) is 5.08. The number of aromatic nitrogens is 3. The third-order valence-electron chi connectivity index (χ3n) is 4.06. The van der Waals surface area contributed by atoms with Crippen molar-refractivity contribution < 1.29 is 0 Å². The van der Waals surface area contributed by atoms with E-state index >= 15 is 0 Å². The highest BCUT2D eigenvalue weighted by Gasteiger charge is 2.19. The fourth-order valence-electron chi connectivity index (χ4n) is 2.75. The summed E-state index contributed by atoms with van der Waals surface area (Å²) >= 11 is 0. The van der Waals surface area contributed by atoms with Crippen LogP contribution in [0.25, 0.3) is 0 Å². The van der Waals surface area contributed by atoms with Crippen LogP contribution < -0.4 is 10.6 Å². The van der Waals surface area contributed by atoms with Gasteiger partial charge < -0.3 is 15.2 Å². The van der Waals surface area contributed by atoms with E-state index in [1.54, 1.807) is 6.20 Å². The maximum atomic E-state index is 6.00. The molecule has 0 bridgehead atoms. The van der Waals surface area contributed by atoms with Gasteiger partial charge in [0, 0.05) is 64.8 Å². The Morgan fingerprint density at radius 3 is 2.62 bits per heavy atom. The van der Waals surface area contributed by atoms with Crippen LogP contribution in [-0.2, 0) is 13.5 Å². The minimum absolute atomic E-state index is 0.763. The Kier molecular flexibility index (Phi) is 4.06. The number of nitrogen functional groups attached to an aromatic ring is 1. The molecular formula is C15H22N6. The number of nitrogens with zero attached hydrogens (tertiary/aromatic N) is 5. The van der Waals surface area contributed by atoms with Crippen LogP contribution in [0.2, 0.25) is 0 Å². The molecule has 6 heteroatoms. The highest BCUT2D eigenvalue weighted by atomic mass is 15.3. The summed E-state index contributed by atoms with van der Waals surface area (Å²) in [7, 11) is 2.05. The molecule has 1 aliphatic rings. The van der Waals surface area contributed by atoms with Crippen LogP contribution in [0.5, 0.6) is 0 Å². The molecule has 0 radical (unpaired) electrons. The van der Waals surface area contributed by atoms with Crippen molar-refractivity contribution in [3.63, 3.8) is 0 Å². The zero-order valence-electron chi connectivity index (χ0n) is 12.4. The van der Waals surface area contributed by atoms with Crippen LogP contribution in [0.1, 0.15) is 5.82 Å². The molecule has 112 valence electrons. The van der Waals surface area contributed by atoms with Crippen LogP contribution in [-0.4, -0.2) is 52.2 Å².